The highest BCUT2D eigenvalue weighted by molar-refractivity contribution is 7.92. The summed E-state index contributed by atoms with van der Waals surface area (Å²) in [7, 11) is -3.98. The Labute approximate surface area is 126 Å². The van der Waals surface area contributed by atoms with Crippen LogP contribution in [0.5, 0.6) is 0 Å². The molecule has 0 unspecified atom stereocenters. The van der Waals surface area contributed by atoms with E-state index in [4.69, 9.17) is 0 Å². The summed E-state index contributed by atoms with van der Waals surface area (Å²) in [5.74, 6) is -2.30. The standard InChI is InChI=1S/C16H11F2NO2S/c17-15-8-7-14(10-16(15)18)22(20,21)19-13-6-5-11-3-1-2-4-12(11)9-13/h1-10,19H. The van der Waals surface area contributed by atoms with Crippen LogP contribution in [0.3, 0.4) is 0 Å². The van der Waals surface area contributed by atoms with Crippen molar-refractivity contribution in [1.29, 1.82) is 0 Å². The molecule has 22 heavy (non-hydrogen) atoms. The smallest absolute Gasteiger partial charge is 0.261 e. The van der Waals surface area contributed by atoms with E-state index in [1.165, 1.54) is 0 Å². The van der Waals surface area contributed by atoms with Gasteiger partial charge in [-0.1, -0.05) is 30.3 Å². The number of benzene rings is 3. The highest BCUT2D eigenvalue weighted by Crippen LogP contribution is 2.22. The van der Waals surface area contributed by atoms with Crippen LogP contribution in [0.25, 0.3) is 10.8 Å². The summed E-state index contributed by atoms with van der Waals surface area (Å²) < 4.78 is 52.8. The highest BCUT2D eigenvalue weighted by atomic mass is 32.2. The fourth-order valence-electron chi connectivity index (χ4n) is 2.11. The van der Waals surface area contributed by atoms with Gasteiger partial charge in [-0.3, -0.25) is 4.72 Å². The van der Waals surface area contributed by atoms with Gasteiger partial charge in [0.2, 0.25) is 0 Å². The lowest BCUT2D eigenvalue weighted by Crippen LogP contribution is -2.13. The van der Waals surface area contributed by atoms with E-state index < -0.39 is 21.7 Å². The van der Waals surface area contributed by atoms with Gasteiger partial charge in [-0.2, -0.15) is 0 Å². The van der Waals surface area contributed by atoms with Crippen molar-refractivity contribution in [3.8, 4) is 0 Å². The maximum atomic E-state index is 13.2. The topological polar surface area (TPSA) is 46.2 Å². The van der Waals surface area contributed by atoms with Gasteiger partial charge in [-0.05, 0) is 41.1 Å². The van der Waals surface area contributed by atoms with Gasteiger partial charge in [-0.15, -0.1) is 0 Å². The highest BCUT2D eigenvalue weighted by Gasteiger charge is 2.16. The van der Waals surface area contributed by atoms with Gasteiger partial charge in [0.15, 0.2) is 11.6 Å². The number of halogens is 2. The minimum atomic E-state index is -3.98. The summed E-state index contributed by atoms with van der Waals surface area (Å²) in [4.78, 5) is -0.334. The van der Waals surface area contributed by atoms with Crippen LogP contribution in [0, 0.1) is 11.6 Å². The Morgan fingerprint density at radius 1 is 0.773 bits per heavy atom. The molecule has 3 nitrogen and oxygen atoms in total. The summed E-state index contributed by atoms with van der Waals surface area (Å²) in [5, 5.41) is 1.84. The van der Waals surface area contributed by atoms with Gasteiger partial charge in [-0.25, -0.2) is 17.2 Å². The average Bonchev–Trinajstić information content (AvgIpc) is 2.49. The molecule has 3 aromatic rings. The number of hydrogen-bond donors (Lipinski definition) is 1. The predicted molar refractivity (Wildman–Crippen MR) is 81.1 cm³/mol. The Kier molecular flexibility index (Phi) is 3.54. The van der Waals surface area contributed by atoms with Crippen molar-refractivity contribution in [3.05, 3.63) is 72.3 Å². The minimum Gasteiger partial charge on any atom is -0.280 e. The van der Waals surface area contributed by atoms with E-state index in [0.717, 1.165) is 22.9 Å². The lowest BCUT2D eigenvalue weighted by Gasteiger charge is -2.09. The van der Waals surface area contributed by atoms with E-state index >= 15 is 0 Å². The van der Waals surface area contributed by atoms with Crippen LogP contribution in [-0.4, -0.2) is 8.42 Å². The Hall–Kier alpha value is -2.47. The molecule has 112 valence electrons. The second kappa shape index (κ2) is 5.38. The van der Waals surface area contributed by atoms with E-state index in [1.54, 1.807) is 18.2 Å². The molecule has 0 spiro atoms. The van der Waals surface area contributed by atoms with Crippen LogP contribution in [0.1, 0.15) is 0 Å². The van der Waals surface area contributed by atoms with Crippen molar-refractivity contribution in [2.75, 3.05) is 4.72 Å². The molecule has 0 aliphatic heterocycles. The molecular weight excluding hydrogens is 308 g/mol. The molecule has 0 amide bonds. The maximum Gasteiger partial charge on any atom is 0.261 e. The second-order valence-electron chi connectivity index (χ2n) is 4.74. The van der Waals surface area contributed by atoms with Crippen molar-refractivity contribution in [1.82, 2.24) is 0 Å². The maximum absolute atomic E-state index is 13.2. The lowest BCUT2D eigenvalue weighted by atomic mass is 10.1. The molecule has 0 fully saturated rings. The summed E-state index contributed by atoms with van der Waals surface area (Å²) in [6.45, 7) is 0. The van der Waals surface area contributed by atoms with E-state index in [9.17, 15) is 17.2 Å². The third-order valence-corrected chi connectivity index (χ3v) is 4.58. The zero-order chi connectivity index (χ0) is 15.7. The molecule has 3 aromatic carbocycles. The summed E-state index contributed by atoms with van der Waals surface area (Å²) in [6, 6.07) is 15.0. The van der Waals surface area contributed by atoms with Gasteiger partial charge in [0.05, 0.1) is 4.90 Å². The Balaban J connectivity index is 1.97. The zero-order valence-corrected chi connectivity index (χ0v) is 12.1. The molecule has 0 aromatic heterocycles. The number of anilines is 1. The lowest BCUT2D eigenvalue weighted by molar-refractivity contribution is 0.504. The molecule has 0 atom stereocenters. The Morgan fingerprint density at radius 2 is 1.50 bits per heavy atom. The molecule has 0 saturated carbocycles. The molecule has 6 heteroatoms. The first kappa shape index (κ1) is 14.5. The zero-order valence-electron chi connectivity index (χ0n) is 11.3. The largest absolute Gasteiger partial charge is 0.280 e. The van der Waals surface area contributed by atoms with Gasteiger partial charge < -0.3 is 0 Å². The molecule has 0 bridgehead atoms. The van der Waals surface area contributed by atoms with Crippen LogP contribution in [0.15, 0.2) is 65.6 Å². The first-order valence-corrected chi connectivity index (χ1v) is 7.91. The molecule has 0 aliphatic rings. The van der Waals surface area contributed by atoms with Crippen LogP contribution < -0.4 is 4.72 Å². The van der Waals surface area contributed by atoms with Gasteiger partial charge in [0.25, 0.3) is 10.0 Å². The molecule has 0 radical (unpaired) electrons. The van der Waals surface area contributed by atoms with Crippen molar-refractivity contribution in [2.24, 2.45) is 0 Å². The van der Waals surface area contributed by atoms with E-state index in [2.05, 4.69) is 4.72 Å². The number of nitrogens with one attached hydrogen (secondary N) is 1. The first-order chi connectivity index (χ1) is 10.5. The van der Waals surface area contributed by atoms with Crippen LogP contribution in [0.2, 0.25) is 0 Å². The average molecular weight is 319 g/mol. The molecule has 0 saturated heterocycles. The Morgan fingerprint density at radius 3 is 2.23 bits per heavy atom. The molecule has 0 aliphatic carbocycles. The number of rotatable bonds is 3. The first-order valence-electron chi connectivity index (χ1n) is 6.42. The van der Waals surface area contributed by atoms with Crippen molar-refractivity contribution >= 4 is 26.5 Å². The summed E-state index contributed by atoms with van der Waals surface area (Å²) in [6.07, 6.45) is 0. The molecule has 0 heterocycles. The van der Waals surface area contributed by atoms with E-state index in [1.807, 2.05) is 24.3 Å². The third kappa shape index (κ3) is 2.78. The van der Waals surface area contributed by atoms with Crippen LogP contribution in [-0.2, 0) is 10.0 Å². The fraction of sp³-hybridized carbons (Fsp3) is 0. The van der Waals surface area contributed by atoms with Gasteiger partial charge >= 0.3 is 0 Å². The van der Waals surface area contributed by atoms with Crippen molar-refractivity contribution in [3.63, 3.8) is 0 Å². The predicted octanol–water partition coefficient (Wildman–Crippen LogP) is 3.92. The summed E-state index contributed by atoms with van der Waals surface area (Å²) in [5.41, 5.74) is 0.350. The van der Waals surface area contributed by atoms with Gasteiger partial charge in [0.1, 0.15) is 0 Å². The molecule has 3 rings (SSSR count). The number of hydrogen-bond acceptors (Lipinski definition) is 2. The van der Waals surface area contributed by atoms with Gasteiger partial charge in [0, 0.05) is 5.69 Å². The minimum absolute atomic E-state index is 0.334. The summed E-state index contributed by atoms with van der Waals surface area (Å²) >= 11 is 0. The van der Waals surface area contributed by atoms with E-state index in [0.29, 0.717) is 11.8 Å². The molecular formula is C16H11F2NO2S. The van der Waals surface area contributed by atoms with Crippen LogP contribution in [0.4, 0.5) is 14.5 Å². The van der Waals surface area contributed by atoms with Crippen molar-refractivity contribution < 1.29 is 17.2 Å². The quantitative estimate of drug-likeness (QED) is 0.795. The Bertz CT molecular complexity index is 955. The van der Waals surface area contributed by atoms with Crippen LogP contribution >= 0.6 is 0 Å². The SMILES string of the molecule is O=S(=O)(Nc1ccc2ccccc2c1)c1ccc(F)c(F)c1. The third-order valence-electron chi connectivity index (χ3n) is 3.20. The number of sulfonamides is 1. The van der Waals surface area contributed by atoms with Crippen molar-refractivity contribution in [2.45, 2.75) is 4.90 Å². The number of fused-ring (bicyclic) bond motifs is 1. The fourth-order valence-corrected chi connectivity index (χ4v) is 3.17. The second-order valence-corrected chi connectivity index (χ2v) is 6.43. The molecule has 1 N–H and O–H groups in total. The normalized spacial score (nSPS) is 11.5. The van der Waals surface area contributed by atoms with E-state index in [-0.39, 0.29) is 4.90 Å². The monoisotopic (exact) mass is 319 g/mol.